The van der Waals surface area contributed by atoms with Crippen molar-refractivity contribution in [1.82, 2.24) is 19.1 Å². The average molecular weight is 466 g/mol. The summed E-state index contributed by atoms with van der Waals surface area (Å²) in [5.74, 6) is 0.683. The topological polar surface area (TPSA) is 76.5 Å². The lowest BCUT2D eigenvalue weighted by molar-refractivity contribution is 0.985. The van der Waals surface area contributed by atoms with Crippen molar-refractivity contribution in [3.63, 3.8) is 0 Å². The first-order valence-electron chi connectivity index (χ1n) is 11.4. The number of imidazole rings is 1. The summed E-state index contributed by atoms with van der Waals surface area (Å²) >= 11 is 0. The quantitative estimate of drug-likeness (QED) is 0.331. The third kappa shape index (κ3) is 3.56. The molecule has 6 aromatic rings. The Kier molecular flexibility index (Phi) is 5.21. The predicted molar refractivity (Wildman–Crippen MR) is 140 cm³/mol. The van der Waals surface area contributed by atoms with Gasteiger partial charge in [0, 0.05) is 41.0 Å². The number of hydrogen-bond acceptors (Lipinski definition) is 4. The lowest BCUT2D eigenvalue weighted by Gasteiger charge is -2.14. The minimum absolute atomic E-state index is 0.209. The van der Waals surface area contributed by atoms with Gasteiger partial charge in [-0.3, -0.25) is 18.9 Å². The van der Waals surface area contributed by atoms with Gasteiger partial charge in [-0.1, -0.05) is 48.5 Å². The highest BCUT2D eigenvalue weighted by molar-refractivity contribution is 5.84. The van der Waals surface area contributed by atoms with Gasteiger partial charge in [0.25, 0.3) is 5.56 Å². The zero-order valence-corrected chi connectivity index (χ0v) is 19.1. The fourth-order valence-corrected chi connectivity index (χ4v) is 4.47. The molecule has 3 aromatic carbocycles. The second-order valence-corrected chi connectivity index (χ2v) is 8.28. The fraction of sp³-hybridized carbons (Fsp3) is 0. The molecule has 0 aliphatic rings. The minimum atomic E-state index is -0.209. The molecule has 0 radical (unpaired) electrons. The van der Waals surface area contributed by atoms with E-state index in [9.17, 15) is 10.1 Å². The minimum Gasteiger partial charge on any atom is -0.292 e. The zero-order chi connectivity index (χ0) is 24.5. The van der Waals surface area contributed by atoms with Crippen LogP contribution < -0.4 is 5.56 Å². The van der Waals surface area contributed by atoms with Crippen LogP contribution in [0.15, 0.2) is 120 Å². The Labute approximate surface area is 207 Å². The summed E-state index contributed by atoms with van der Waals surface area (Å²) in [4.78, 5) is 22.9. The predicted octanol–water partition coefficient (Wildman–Crippen LogP) is 5.78. The largest absolute Gasteiger partial charge is 0.292 e. The molecule has 3 heterocycles. The van der Waals surface area contributed by atoms with Crippen molar-refractivity contribution in [1.29, 1.82) is 5.26 Å². The molecule has 170 valence electrons. The Morgan fingerprint density at radius 3 is 2.28 bits per heavy atom. The van der Waals surface area contributed by atoms with Crippen molar-refractivity contribution >= 4 is 11.0 Å². The highest BCUT2D eigenvalue weighted by atomic mass is 16.1. The van der Waals surface area contributed by atoms with E-state index in [1.165, 1.54) is 0 Å². The van der Waals surface area contributed by atoms with Crippen LogP contribution >= 0.6 is 0 Å². The Balaban J connectivity index is 1.71. The van der Waals surface area contributed by atoms with Gasteiger partial charge in [-0.25, -0.2) is 4.98 Å². The number of benzene rings is 3. The van der Waals surface area contributed by atoms with Crippen LogP contribution in [-0.4, -0.2) is 19.1 Å². The summed E-state index contributed by atoms with van der Waals surface area (Å²) in [6.45, 7) is 0. The Bertz CT molecular complexity index is 1810. The Morgan fingerprint density at radius 1 is 0.750 bits per heavy atom. The van der Waals surface area contributed by atoms with Gasteiger partial charge in [0.2, 0.25) is 0 Å². The molecule has 0 bridgehead atoms. The van der Waals surface area contributed by atoms with Crippen molar-refractivity contribution in [3.8, 4) is 40.0 Å². The Hall–Kier alpha value is -5.28. The van der Waals surface area contributed by atoms with E-state index in [0.717, 1.165) is 28.0 Å². The van der Waals surface area contributed by atoms with Crippen LogP contribution in [0.4, 0.5) is 0 Å². The van der Waals surface area contributed by atoms with Gasteiger partial charge in [-0.15, -0.1) is 0 Å². The number of rotatable bonds is 4. The van der Waals surface area contributed by atoms with Crippen molar-refractivity contribution < 1.29 is 0 Å². The molecule has 0 aliphatic carbocycles. The van der Waals surface area contributed by atoms with Crippen LogP contribution in [0.3, 0.4) is 0 Å². The number of nitrogens with zero attached hydrogens (tertiary/aromatic N) is 5. The molecule has 0 N–H and O–H groups in total. The number of nitriles is 1. The first-order valence-corrected chi connectivity index (χ1v) is 11.4. The molecule has 0 fully saturated rings. The maximum Gasteiger partial charge on any atom is 0.263 e. The van der Waals surface area contributed by atoms with Gasteiger partial charge in [0.05, 0.1) is 28.4 Å². The van der Waals surface area contributed by atoms with Crippen molar-refractivity contribution in [3.05, 3.63) is 132 Å². The van der Waals surface area contributed by atoms with Crippen molar-refractivity contribution in [2.75, 3.05) is 0 Å². The number of hydrogen-bond donors (Lipinski definition) is 0. The van der Waals surface area contributed by atoms with E-state index in [-0.39, 0.29) is 5.56 Å². The van der Waals surface area contributed by atoms with Gasteiger partial charge in [0.1, 0.15) is 5.82 Å². The van der Waals surface area contributed by atoms with E-state index < -0.39 is 0 Å². The van der Waals surface area contributed by atoms with Crippen molar-refractivity contribution in [2.45, 2.75) is 0 Å². The average Bonchev–Trinajstić information content (AvgIpc) is 3.34. The molecule has 0 unspecified atom stereocenters. The molecular weight excluding hydrogens is 446 g/mol. The fourth-order valence-electron chi connectivity index (χ4n) is 4.47. The summed E-state index contributed by atoms with van der Waals surface area (Å²) in [6.07, 6.45) is 5.30. The maximum absolute atomic E-state index is 13.8. The van der Waals surface area contributed by atoms with E-state index >= 15 is 0 Å². The van der Waals surface area contributed by atoms with Crippen LogP contribution in [-0.2, 0) is 0 Å². The summed E-state index contributed by atoms with van der Waals surface area (Å²) in [7, 11) is 0. The van der Waals surface area contributed by atoms with E-state index in [1.807, 2.05) is 85.1 Å². The molecule has 6 rings (SSSR count). The Morgan fingerprint density at radius 2 is 1.47 bits per heavy atom. The molecule has 0 amide bonds. The maximum atomic E-state index is 13.8. The lowest BCUT2D eigenvalue weighted by atomic mass is 10.00. The van der Waals surface area contributed by atoms with Crippen molar-refractivity contribution in [2.24, 2.45) is 0 Å². The summed E-state index contributed by atoms with van der Waals surface area (Å²) in [5.41, 5.74) is 5.40. The third-order valence-electron chi connectivity index (χ3n) is 6.13. The smallest absolute Gasteiger partial charge is 0.263 e. The summed E-state index contributed by atoms with van der Waals surface area (Å²) in [6, 6.07) is 32.5. The number of para-hydroxylation sites is 3. The second kappa shape index (κ2) is 8.82. The molecule has 6 heteroatoms. The van der Waals surface area contributed by atoms with Crippen LogP contribution in [0.1, 0.15) is 5.56 Å². The van der Waals surface area contributed by atoms with Crippen LogP contribution in [0, 0.1) is 11.3 Å². The molecule has 36 heavy (non-hydrogen) atoms. The monoisotopic (exact) mass is 465 g/mol. The van der Waals surface area contributed by atoms with E-state index in [4.69, 9.17) is 4.98 Å². The molecule has 3 aromatic heterocycles. The van der Waals surface area contributed by atoms with Gasteiger partial charge >= 0.3 is 0 Å². The van der Waals surface area contributed by atoms with Gasteiger partial charge in [0.15, 0.2) is 0 Å². The number of fused-ring (bicyclic) bond motifs is 1. The molecule has 0 saturated heterocycles. The van der Waals surface area contributed by atoms with Gasteiger partial charge in [-0.2, -0.15) is 5.26 Å². The van der Waals surface area contributed by atoms with Gasteiger partial charge < -0.3 is 0 Å². The number of pyridine rings is 2. The molecule has 0 aliphatic heterocycles. The highest BCUT2D eigenvalue weighted by Gasteiger charge is 2.19. The lowest BCUT2D eigenvalue weighted by Crippen LogP contribution is -2.20. The molecule has 0 saturated carbocycles. The first kappa shape index (κ1) is 21.3. The zero-order valence-electron chi connectivity index (χ0n) is 19.1. The normalized spacial score (nSPS) is 10.9. The summed E-state index contributed by atoms with van der Waals surface area (Å²) in [5, 5.41) is 9.75. The molecular formula is C30H19N5O. The molecule has 0 spiro atoms. The SMILES string of the molecule is N#Cc1ccccc1-c1cc(-c2nc3ccccc3n2-c2ccncc2)cn(-c2ccccc2)c1=O. The van der Waals surface area contributed by atoms with Crippen LogP contribution in [0.2, 0.25) is 0 Å². The van der Waals surface area contributed by atoms with E-state index in [1.54, 1.807) is 35.2 Å². The van der Waals surface area contributed by atoms with Crippen LogP contribution in [0.5, 0.6) is 0 Å². The third-order valence-corrected chi connectivity index (χ3v) is 6.13. The highest BCUT2D eigenvalue weighted by Crippen LogP contribution is 2.31. The van der Waals surface area contributed by atoms with Crippen LogP contribution in [0.25, 0.3) is 44.9 Å². The molecule has 0 atom stereocenters. The standard InChI is InChI=1S/C30H19N5O/c31-19-21-8-4-5-11-25(21)26-18-22(20-34(30(26)36)23-9-2-1-3-10-23)29-33-27-12-6-7-13-28(27)35(29)24-14-16-32-17-15-24/h1-18,20H. The summed E-state index contributed by atoms with van der Waals surface area (Å²) < 4.78 is 3.68. The van der Waals surface area contributed by atoms with Gasteiger partial charge in [-0.05, 0) is 48.5 Å². The van der Waals surface area contributed by atoms with E-state index in [2.05, 4.69) is 15.6 Å². The van der Waals surface area contributed by atoms with E-state index in [0.29, 0.717) is 22.5 Å². The second-order valence-electron chi connectivity index (χ2n) is 8.28. The molecule has 6 nitrogen and oxygen atoms in total. The number of aromatic nitrogens is 4. The first-order chi connectivity index (χ1) is 17.7.